The Bertz CT molecular complexity index is 602. The van der Waals surface area contributed by atoms with Crippen molar-refractivity contribution in [3.63, 3.8) is 0 Å². The van der Waals surface area contributed by atoms with Crippen molar-refractivity contribution in [1.82, 2.24) is 4.90 Å². The van der Waals surface area contributed by atoms with Gasteiger partial charge in [0.1, 0.15) is 0 Å². The zero-order valence-corrected chi connectivity index (χ0v) is 13.2. The van der Waals surface area contributed by atoms with E-state index in [1.807, 2.05) is 6.08 Å². The lowest BCUT2D eigenvalue weighted by Crippen LogP contribution is -2.40. The maximum absolute atomic E-state index is 3.91. The highest BCUT2D eigenvalue weighted by atomic mass is 15.2. The molecule has 1 saturated heterocycles. The standard InChI is InChI=1S/C21H25N/c1-2-14-22-15-7-6-13-21(22)17-18-9-8-12-20(16-18)19-10-4-3-5-11-19/h2-5,8-12,16,21H,1,6-7,13-15,17H2. The van der Waals surface area contributed by atoms with Crippen LogP contribution in [0.2, 0.25) is 0 Å². The lowest BCUT2D eigenvalue weighted by Gasteiger charge is -2.35. The molecule has 0 radical (unpaired) electrons. The fourth-order valence-electron chi connectivity index (χ4n) is 3.48. The highest BCUT2D eigenvalue weighted by molar-refractivity contribution is 5.63. The molecular formula is C21H25N. The van der Waals surface area contributed by atoms with Gasteiger partial charge in [-0.1, -0.05) is 67.1 Å². The van der Waals surface area contributed by atoms with Gasteiger partial charge in [0.05, 0.1) is 0 Å². The molecule has 0 amide bonds. The Kier molecular flexibility index (Phi) is 5.07. The molecule has 1 nitrogen and oxygen atoms in total. The summed E-state index contributed by atoms with van der Waals surface area (Å²) >= 11 is 0. The molecule has 0 bridgehead atoms. The summed E-state index contributed by atoms with van der Waals surface area (Å²) in [4.78, 5) is 2.59. The van der Waals surface area contributed by atoms with E-state index in [0.717, 1.165) is 13.0 Å². The van der Waals surface area contributed by atoms with Crippen molar-refractivity contribution in [2.75, 3.05) is 13.1 Å². The number of benzene rings is 2. The van der Waals surface area contributed by atoms with Gasteiger partial charge in [0.15, 0.2) is 0 Å². The summed E-state index contributed by atoms with van der Waals surface area (Å²) in [5, 5.41) is 0. The third-order valence-corrected chi connectivity index (χ3v) is 4.62. The lowest BCUT2D eigenvalue weighted by atomic mass is 9.94. The first kappa shape index (κ1) is 15.1. The largest absolute Gasteiger partial charge is 0.296 e. The Morgan fingerprint density at radius 1 is 1.00 bits per heavy atom. The summed E-state index contributed by atoms with van der Waals surface area (Å²) in [6.07, 6.45) is 7.18. The summed E-state index contributed by atoms with van der Waals surface area (Å²) in [7, 11) is 0. The third-order valence-electron chi connectivity index (χ3n) is 4.62. The second-order valence-electron chi connectivity index (χ2n) is 6.20. The minimum absolute atomic E-state index is 0.665. The molecule has 1 fully saturated rings. The van der Waals surface area contributed by atoms with Gasteiger partial charge in [-0.2, -0.15) is 0 Å². The van der Waals surface area contributed by atoms with E-state index in [1.54, 1.807) is 0 Å². The summed E-state index contributed by atoms with van der Waals surface area (Å²) < 4.78 is 0. The van der Waals surface area contributed by atoms with Crippen LogP contribution >= 0.6 is 0 Å². The zero-order valence-electron chi connectivity index (χ0n) is 13.2. The van der Waals surface area contributed by atoms with E-state index in [0.29, 0.717) is 6.04 Å². The normalized spacial score (nSPS) is 19.0. The average Bonchev–Trinajstić information content (AvgIpc) is 2.58. The first-order valence-electron chi connectivity index (χ1n) is 8.36. The quantitative estimate of drug-likeness (QED) is 0.706. The van der Waals surface area contributed by atoms with Gasteiger partial charge >= 0.3 is 0 Å². The van der Waals surface area contributed by atoms with Crippen molar-refractivity contribution in [3.05, 3.63) is 72.8 Å². The van der Waals surface area contributed by atoms with Gasteiger partial charge < -0.3 is 0 Å². The first-order chi connectivity index (χ1) is 10.9. The maximum Gasteiger partial charge on any atom is 0.0163 e. The second kappa shape index (κ2) is 7.42. The van der Waals surface area contributed by atoms with Crippen LogP contribution in [0, 0.1) is 0 Å². The Morgan fingerprint density at radius 3 is 2.64 bits per heavy atom. The van der Waals surface area contributed by atoms with Crippen molar-refractivity contribution >= 4 is 0 Å². The number of likely N-dealkylation sites (tertiary alicyclic amines) is 1. The van der Waals surface area contributed by atoms with Crippen LogP contribution in [0.4, 0.5) is 0 Å². The molecule has 0 N–H and O–H groups in total. The van der Waals surface area contributed by atoms with Gasteiger partial charge in [0, 0.05) is 12.6 Å². The Labute approximate surface area is 134 Å². The van der Waals surface area contributed by atoms with Crippen LogP contribution in [-0.4, -0.2) is 24.0 Å². The summed E-state index contributed by atoms with van der Waals surface area (Å²) in [6.45, 7) is 6.14. The van der Waals surface area contributed by atoms with Crippen molar-refractivity contribution < 1.29 is 0 Å². The van der Waals surface area contributed by atoms with Gasteiger partial charge in [0.25, 0.3) is 0 Å². The fraction of sp³-hybridized carbons (Fsp3) is 0.333. The summed E-state index contributed by atoms with van der Waals surface area (Å²) in [6, 6.07) is 20.3. The topological polar surface area (TPSA) is 3.24 Å². The maximum atomic E-state index is 3.91. The van der Waals surface area contributed by atoms with Crippen molar-refractivity contribution in [3.8, 4) is 11.1 Å². The molecule has 0 aromatic heterocycles. The van der Waals surface area contributed by atoms with Crippen molar-refractivity contribution in [1.29, 1.82) is 0 Å². The van der Waals surface area contributed by atoms with Crippen LogP contribution in [0.3, 0.4) is 0 Å². The van der Waals surface area contributed by atoms with E-state index in [4.69, 9.17) is 0 Å². The Balaban J connectivity index is 1.76. The molecular weight excluding hydrogens is 266 g/mol. The van der Waals surface area contributed by atoms with Gasteiger partial charge in [-0.3, -0.25) is 4.90 Å². The Morgan fingerprint density at radius 2 is 1.82 bits per heavy atom. The minimum Gasteiger partial charge on any atom is -0.296 e. The second-order valence-corrected chi connectivity index (χ2v) is 6.20. The highest BCUT2D eigenvalue weighted by Gasteiger charge is 2.21. The summed E-state index contributed by atoms with van der Waals surface area (Å²) in [5.74, 6) is 0. The van der Waals surface area contributed by atoms with Gasteiger partial charge in [-0.05, 0) is 42.5 Å². The van der Waals surface area contributed by atoms with Crippen LogP contribution in [-0.2, 0) is 6.42 Å². The van der Waals surface area contributed by atoms with Crippen LogP contribution < -0.4 is 0 Å². The van der Waals surface area contributed by atoms with E-state index in [-0.39, 0.29) is 0 Å². The van der Waals surface area contributed by atoms with Gasteiger partial charge in [-0.15, -0.1) is 6.58 Å². The third kappa shape index (κ3) is 3.66. The molecule has 2 aromatic carbocycles. The fourth-order valence-corrected chi connectivity index (χ4v) is 3.48. The first-order valence-corrected chi connectivity index (χ1v) is 8.36. The highest BCUT2D eigenvalue weighted by Crippen LogP contribution is 2.24. The van der Waals surface area contributed by atoms with E-state index in [1.165, 1.54) is 42.5 Å². The molecule has 0 saturated carbocycles. The molecule has 3 rings (SSSR count). The van der Waals surface area contributed by atoms with E-state index in [9.17, 15) is 0 Å². The molecule has 0 aliphatic carbocycles. The molecule has 1 aliphatic rings. The molecule has 1 atom stereocenters. The molecule has 114 valence electrons. The molecule has 0 spiro atoms. The van der Waals surface area contributed by atoms with E-state index >= 15 is 0 Å². The van der Waals surface area contributed by atoms with E-state index < -0.39 is 0 Å². The van der Waals surface area contributed by atoms with Crippen LogP contribution in [0.1, 0.15) is 24.8 Å². The predicted molar refractivity (Wildman–Crippen MR) is 95.0 cm³/mol. The van der Waals surface area contributed by atoms with Crippen LogP contribution in [0.15, 0.2) is 67.3 Å². The van der Waals surface area contributed by atoms with Gasteiger partial charge in [-0.25, -0.2) is 0 Å². The smallest absolute Gasteiger partial charge is 0.0163 e. The number of rotatable bonds is 5. The number of hydrogen-bond donors (Lipinski definition) is 0. The van der Waals surface area contributed by atoms with Crippen molar-refractivity contribution in [2.24, 2.45) is 0 Å². The molecule has 2 aromatic rings. The summed E-state index contributed by atoms with van der Waals surface area (Å²) in [5.41, 5.74) is 4.07. The van der Waals surface area contributed by atoms with E-state index in [2.05, 4.69) is 66.1 Å². The monoisotopic (exact) mass is 291 g/mol. The number of nitrogens with zero attached hydrogens (tertiary/aromatic N) is 1. The zero-order chi connectivity index (χ0) is 15.2. The SMILES string of the molecule is C=CCN1CCCCC1Cc1cccc(-c2ccccc2)c1. The van der Waals surface area contributed by atoms with Crippen LogP contribution in [0.5, 0.6) is 0 Å². The lowest BCUT2D eigenvalue weighted by molar-refractivity contribution is 0.164. The number of hydrogen-bond acceptors (Lipinski definition) is 1. The van der Waals surface area contributed by atoms with Crippen molar-refractivity contribution in [2.45, 2.75) is 31.7 Å². The molecule has 1 heteroatoms. The average molecular weight is 291 g/mol. The minimum atomic E-state index is 0.665. The number of piperidine rings is 1. The molecule has 1 heterocycles. The molecule has 1 unspecified atom stereocenters. The Hall–Kier alpha value is -1.86. The van der Waals surface area contributed by atoms with Gasteiger partial charge in [0.2, 0.25) is 0 Å². The van der Waals surface area contributed by atoms with Crippen LogP contribution in [0.25, 0.3) is 11.1 Å². The molecule has 1 aliphatic heterocycles. The molecule has 22 heavy (non-hydrogen) atoms. The predicted octanol–water partition coefficient (Wildman–Crippen LogP) is 4.94.